The van der Waals surface area contributed by atoms with Crippen molar-refractivity contribution in [3.05, 3.63) is 34.1 Å². The summed E-state index contributed by atoms with van der Waals surface area (Å²) in [6, 6.07) is 4.91. The van der Waals surface area contributed by atoms with Gasteiger partial charge in [-0.05, 0) is 43.4 Å². The molecule has 122 valence electrons. The van der Waals surface area contributed by atoms with Crippen LogP contribution in [-0.2, 0) is 11.3 Å². The van der Waals surface area contributed by atoms with Gasteiger partial charge in [0.25, 0.3) is 0 Å². The first-order valence-electron chi connectivity index (χ1n) is 7.65. The SMILES string of the molecule is CN=C(NCCCOCC1CC1)NCc1cc(Br)ccc1F. The van der Waals surface area contributed by atoms with Crippen LogP contribution >= 0.6 is 15.9 Å². The Balaban J connectivity index is 1.62. The van der Waals surface area contributed by atoms with Gasteiger partial charge in [-0.15, -0.1) is 0 Å². The Labute approximate surface area is 139 Å². The lowest BCUT2D eigenvalue weighted by atomic mass is 10.2. The Hall–Kier alpha value is -1.14. The van der Waals surface area contributed by atoms with E-state index < -0.39 is 0 Å². The van der Waals surface area contributed by atoms with Crippen molar-refractivity contribution in [1.29, 1.82) is 0 Å². The van der Waals surface area contributed by atoms with Crippen LogP contribution in [-0.4, -0.2) is 32.8 Å². The van der Waals surface area contributed by atoms with Crippen LogP contribution in [0.4, 0.5) is 4.39 Å². The molecule has 22 heavy (non-hydrogen) atoms. The van der Waals surface area contributed by atoms with Crippen LogP contribution in [0.25, 0.3) is 0 Å². The maximum absolute atomic E-state index is 13.6. The van der Waals surface area contributed by atoms with Gasteiger partial charge in [-0.2, -0.15) is 0 Å². The molecule has 6 heteroatoms. The molecule has 0 amide bonds. The zero-order valence-electron chi connectivity index (χ0n) is 12.9. The monoisotopic (exact) mass is 371 g/mol. The van der Waals surface area contributed by atoms with Crippen molar-refractivity contribution >= 4 is 21.9 Å². The van der Waals surface area contributed by atoms with Gasteiger partial charge in [-0.25, -0.2) is 4.39 Å². The number of benzene rings is 1. The fraction of sp³-hybridized carbons (Fsp3) is 0.562. The maximum atomic E-state index is 13.6. The lowest BCUT2D eigenvalue weighted by Crippen LogP contribution is -2.37. The standard InChI is InChI=1S/C16H23BrFN3O/c1-19-16(20-7-2-8-22-11-12-3-4-12)21-10-13-9-14(17)5-6-15(13)18/h5-6,9,12H,2-4,7-8,10-11H2,1H3,(H2,19,20,21). The van der Waals surface area contributed by atoms with E-state index in [0.717, 1.165) is 36.6 Å². The molecule has 1 aliphatic rings. The van der Waals surface area contributed by atoms with Crippen LogP contribution in [0.2, 0.25) is 0 Å². The van der Waals surface area contributed by atoms with Gasteiger partial charge in [0.2, 0.25) is 0 Å². The van der Waals surface area contributed by atoms with Crippen molar-refractivity contribution in [1.82, 2.24) is 10.6 Å². The van der Waals surface area contributed by atoms with E-state index in [1.54, 1.807) is 19.2 Å². The molecule has 1 saturated carbocycles. The summed E-state index contributed by atoms with van der Waals surface area (Å²) in [5.74, 6) is 1.25. The smallest absolute Gasteiger partial charge is 0.191 e. The van der Waals surface area contributed by atoms with Gasteiger partial charge in [0.05, 0.1) is 0 Å². The van der Waals surface area contributed by atoms with E-state index in [1.165, 1.54) is 18.9 Å². The second-order valence-electron chi connectivity index (χ2n) is 5.46. The molecule has 1 aliphatic carbocycles. The minimum Gasteiger partial charge on any atom is -0.381 e. The van der Waals surface area contributed by atoms with E-state index in [9.17, 15) is 4.39 Å². The van der Waals surface area contributed by atoms with Gasteiger partial charge in [0, 0.05) is 43.4 Å². The number of rotatable bonds is 8. The molecule has 2 rings (SSSR count). The zero-order chi connectivity index (χ0) is 15.8. The van der Waals surface area contributed by atoms with Crippen LogP contribution in [0.15, 0.2) is 27.7 Å². The number of nitrogens with one attached hydrogen (secondary N) is 2. The summed E-state index contributed by atoms with van der Waals surface area (Å²) in [5.41, 5.74) is 0.602. The number of nitrogens with zero attached hydrogens (tertiary/aromatic N) is 1. The highest BCUT2D eigenvalue weighted by molar-refractivity contribution is 9.10. The van der Waals surface area contributed by atoms with Gasteiger partial charge in [-0.1, -0.05) is 15.9 Å². The molecule has 1 fully saturated rings. The fourth-order valence-corrected chi connectivity index (χ4v) is 2.40. The Morgan fingerprint density at radius 2 is 2.23 bits per heavy atom. The number of hydrogen-bond acceptors (Lipinski definition) is 2. The average molecular weight is 372 g/mol. The quantitative estimate of drug-likeness (QED) is 0.419. The number of hydrogen-bond donors (Lipinski definition) is 2. The van der Waals surface area contributed by atoms with E-state index in [1.807, 2.05) is 0 Å². The summed E-state index contributed by atoms with van der Waals surface area (Å²) < 4.78 is 20.1. The third-order valence-corrected chi connectivity index (χ3v) is 3.98. The van der Waals surface area contributed by atoms with Crippen LogP contribution in [0.1, 0.15) is 24.8 Å². The van der Waals surface area contributed by atoms with E-state index >= 15 is 0 Å². The summed E-state index contributed by atoms with van der Waals surface area (Å²) in [6.45, 7) is 2.84. The van der Waals surface area contributed by atoms with Gasteiger partial charge in [0.15, 0.2) is 5.96 Å². The predicted octanol–water partition coefficient (Wildman–Crippen LogP) is 3.07. The molecule has 0 bridgehead atoms. The molecule has 2 N–H and O–H groups in total. The van der Waals surface area contributed by atoms with E-state index in [0.29, 0.717) is 18.1 Å². The first kappa shape index (κ1) is 17.2. The summed E-state index contributed by atoms with van der Waals surface area (Å²) in [4.78, 5) is 4.13. The van der Waals surface area contributed by atoms with Crippen molar-refractivity contribution in [3.63, 3.8) is 0 Å². The van der Waals surface area contributed by atoms with Gasteiger partial charge < -0.3 is 15.4 Å². The second-order valence-corrected chi connectivity index (χ2v) is 6.38. The molecule has 0 aromatic heterocycles. The van der Waals surface area contributed by atoms with E-state index in [2.05, 4.69) is 31.6 Å². The molecular weight excluding hydrogens is 349 g/mol. The Morgan fingerprint density at radius 3 is 2.95 bits per heavy atom. The molecule has 0 saturated heterocycles. The summed E-state index contributed by atoms with van der Waals surface area (Å²) >= 11 is 3.35. The second kappa shape index (κ2) is 9.10. The molecule has 4 nitrogen and oxygen atoms in total. The van der Waals surface area contributed by atoms with Crippen LogP contribution < -0.4 is 10.6 Å². The topological polar surface area (TPSA) is 45.7 Å². The van der Waals surface area contributed by atoms with Crippen molar-refractivity contribution < 1.29 is 9.13 Å². The van der Waals surface area contributed by atoms with Crippen LogP contribution in [0.3, 0.4) is 0 Å². The van der Waals surface area contributed by atoms with Gasteiger partial charge in [0.1, 0.15) is 5.82 Å². The minimum atomic E-state index is -0.223. The van der Waals surface area contributed by atoms with Crippen molar-refractivity contribution in [2.45, 2.75) is 25.8 Å². The molecule has 0 radical (unpaired) electrons. The largest absolute Gasteiger partial charge is 0.381 e. The van der Waals surface area contributed by atoms with Gasteiger partial charge >= 0.3 is 0 Å². The lowest BCUT2D eigenvalue weighted by Gasteiger charge is -2.12. The van der Waals surface area contributed by atoms with Gasteiger partial charge in [-0.3, -0.25) is 4.99 Å². The van der Waals surface area contributed by atoms with Crippen molar-refractivity contribution in [2.75, 3.05) is 26.8 Å². The summed E-state index contributed by atoms with van der Waals surface area (Å²) in [6.07, 6.45) is 3.57. The highest BCUT2D eigenvalue weighted by Gasteiger charge is 2.20. The molecule has 0 heterocycles. The Bertz CT molecular complexity index is 506. The minimum absolute atomic E-state index is 0.223. The first-order valence-corrected chi connectivity index (χ1v) is 8.44. The van der Waals surface area contributed by atoms with Crippen LogP contribution in [0, 0.1) is 11.7 Å². The van der Waals surface area contributed by atoms with Crippen LogP contribution in [0.5, 0.6) is 0 Å². The van der Waals surface area contributed by atoms with Crippen molar-refractivity contribution in [2.24, 2.45) is 10.9 Å². The predicted molar refractivity (Wildman–Crippen MR) is 90.5 cm³/mol. The highest BCUT2D eigenvalue weighted by Crippen LogP contribution is 2.28. The Morgan fingerprint density at radius 1 is 1.41 bits per heavy atom. The molecule has 0 unspecified atom stereocenters. The first-order chi connectivity index (χ1) is 10.7. The molecule has 0 atom stereocenters. The summed E-state index contributed by atoms with van der Waals surface area (Å²) in [5, 5.41) is 6.31. The molecule has 0 spiro atoms. The normalized spacial score (nSPS) is 15.0. The third-order valence-electron chi connectivity index (χ3n) is 3.49. The third kappa shape index (κ3) is 6.32. The van der Waals surface area contributed by atoms with E-state index in [4.69, 9.17) is 4.74 Å². The number of halogens is 2. The number of guanidine groups is 1. The fourth-order valence-electron chi connectivity index (χ4n) is 1.99. The average Bonchev–Trinajstić information content (AvgIpc) is 3.33. The molecule has 0 aliphatic heterocycles. The highest BCUT2D eigenvalue weighted by atomic mass is 79.9. The lowest BCUT2D eigenvalue weighted by molar-refractivity contribution is 0.123. The number of ether oxygens (including phenoxy) is 1. The molecular formula is C16H23BrFN3O. The van der Waals surface area contributed by atoms with E-state index in [-0.39, 0.29) is 5.82 Å². The molecule has 1 aromatic rings. The maximum Gasteiger partial charge on any atom is 0.191 e. The molecule has 1 aromatic carbocycles. The zero-order valence-corrected chi connectivity index (χ0v) is 14.5. The van der Waals surface area contributed by atoms with Crippen molar-refractivity contribution in [3.8, 4) is 0 Å². The Kier molecular flexibility index (Phi) is 7.12. The summed E-state index contributed by atoms with van der Waals surface area (Å²) in [7, 11) is 1.70. The number of aliphatic imine (C=N–C) groups is 1.